The largest absolute Gasteiger partial charge is 0.381 e. The molecular weight excluding hydrogens is 531 g/mol. The smallest absolute Gasteiger partial charge is 0.158 e. The minimum absolute atomic E-state index is 0.0646. The number of benzene rings is 2. The topological polar surface area (TPSA) is 122 Å². The number of nitrogens with zero attached hydrogens (tertiary/aromatic N) is 3. The molecule has 5 N–H and O–H groups in total. The van der Waals surface area contributed by atoms with Gasteiger partial charge in [-0.25, -0.2) is 23.3 Å². The summed E-state index contributed by atoms with van der Waals surface area (Å²) in [5, 5.41) is 0.778. The minimum Gasteiger partial charge on any atom is -0.381 e. The van der Waals surface area contributed by atoms with Gasteiger partial charge < -0.3 is 16.4 Å². The summed E-state index contributed by atoms with van der Waals surface area (Å²) in [6.07, 6.45) is 7.86. The number of aromatic nitrogens is 2. The third-order valence-electron chi connectivity index (χ3n) is 8.12. The van der Waals surface area contributed by atoms with Crippen LogP contribution in [0.4, 0.5) is 16.0 Å². The van der Waals surface area contributed by atoms with Gasteiger partial charge in [0.2, 0.25) is 0 Å². The molecule has 5 atom stereocenters. The number of nitrogen functional groups attached to an aromatic ring is 1. The van der Waals surface area contributed by atoms with E-state index in [1.165, 1.54) is 24.1 Å². The summed E-state index contributed by atoms with van der Waals surface area (Å²) in [5.41, 5.74) is 15.2. The predicted molar refractivity (Wildman–Crippen MR) is 145 cm³/mol. The molecule has 0 saturated carbocycles. The van der Waals surface area contributed by atoms with Gasteiger partial charge in [-0.2, -0.15) is 0 Å². The van der Waals surface area contributed by atoms with E-state index in [1.807, 2.05) is 6.07 Å². The van der Waals surface area contributed by atoms with Crippen LogP contribution in [0.1, 0.15) is 42.9 Å². The highest BCUT2D eigenvalue weighted by Gasteiger charge is 2.54. The number of nitrogens with two attached hydrogens (primary N) is 2. The van der Waals surface area contributed by atoms with Crippen molar-refractivity contribution in [3.8, 4) is 0 Å². The van der Waals surface area contributed by atoms with Crippen LogP contribution in [0.5, 0.6) is 0 Å². The Balaban J connectivity index is 1.24. The van der Waals surface area contributed by atoms with Crippen LogP contribution < -0.4 is 16.4 Å². The van der Waals surface area contributed by atoms with Crippen LogP contribution in [0, 0.1) is 16.0 Å². The minimum atomic E-state index is -2.96. The summed E-state index contributed by atoms with van der Waals surface area (Å²) in [5.74, 6) is 0.845. The fraction of sp³-hybridized carbons (Fsp3) is 0.385. The summed E-state index contributed by atoms with van der Waals surface area (Å²) in [4.78, 5) is 12.6. The number of hydrogen-bond acceptors (Lipinski definition) is 8. The molecule has 2 saturated heterocycles. The maximum atomic E-state index is 13.9. The first kappa shape index (κ1) is 24.9. The first-order chi connectivity index (χ1) is 17.6. The molecule has 11 heteroatoms. The molecule has 3 aromatic rings. The number of anilines is 2. The van der Waals surface area contributed by atoms with Crippen LogP contribution in [-0.2, 0) is 16.1 Å². The van der Waals surface area contributed by atoms with Crippen LogP contribution >= 0.6 is 23.4 Å². The zero-order chi connectivity index (χ0) is 26.1. The number of hydrogen-bond donors (Lipinski definition) is 3. The van der Waals surface area contributed by atoms with E-state index in [9.17, 15) is 8.60 Å². The Morgan fingerprint density at radius 2 is 1.97 bits per heavy atom. The Kier molecular flexibility index (Phi) is 5.94. The van der Waals surface area contributed by atoms with Gasteiger partial charge in [0.05, 0.1) is 25.8 Å². The predicted octanol–water partition coefficient (Wildman–Crippen LogP) is 5.41. The summed E-state index contributed by atoms with van der Waals surface area (Å²) in [7, 11) is -2.96. The van der Waals surface area contributed by atoms with Gasteiger partial charge in [-0.15, -0.1) is 0 Å². The maximum Gasteiger partial charge on any atom is 0.158 e. The van der Waals surface area contributed by atoms with Crippen molar-refractivity contribution in [2.24, 2.45) is 11.1 Å². The second-order valence-corrected chi connectivity index (χ2v) is 14.0. The molecule has 1 aliphatic carbocycles. The number of halogens is 2. The highest BCUT2D eigenvalue weighted by atomic mass is 35.5. The van der Waals surface area contributed by atoms with Gasteiger partial charge in [0, 0.05) is 29.3 Å². The normalized spacial score (nSPS) is 27.9. The Morgan fingerprint density at radius 1 is 1.24 bits per heavy atom. The first-order valence-electron chi connectivity index (χ1n) is 12.2. The molecule has 7 nitrogen and oxygen atoms in total. The van der Waals surface area contributed by atoms with Gasteiger partial charge in [0.1, 0.15) is 16.7 Å². The number of nitrogens with one attached hydrogen (secondary N) is 1. The zero-order valence-electron chi connectivity index (χ0n) is 20.3. The van der Waals surface area contributed by atoms with Crippen LogP contribution in [0.15, 0.2) is 57.4 Å². The zero-order valence-corrected chi connectivity index (χ0v) is 22.7. The van der Waals surface area contributed by atoms with E-state index in [1.54, 1.807) is 30.5 Å². The van der Waals surface area contributed by atoms with Crippen molar-refractivity contribution in [2.75, 3.05) is 16.9 Å². The maximum absolute atomic E-state index is 13.9. The van der Waals surface area contributed by atoms with Crippen LogP contribution in [0.3, 0.4) is 0 Å². The van der Waals surface area contributed by atoms with Gasteiger partial charge in [-0.3, -0.25) is 0 Å². The van der Waals surface area contributed by atoms with Crippen molar-refractivity contribution in [1.29, 1.82) is 4.78 Å². The van der Waals surface area contributed by atoms with Crippen LogP contribution in [-0.4, -0.2) is 32.5 Å². The van der Waals surface area contributed by atoms with Crippen molar-refractivity contribution in [2.45, 2.75) is 65.0 Å². The molecule has 3 aliphatic rings. The number of rotatable bonds is 4. The monoisotopic (exact) mass is 558 g/mol. The quantitative estimate of drug-likeness (QED) is 0.391. The summed E-state index contributed by atoms with van der Waals surface area (Å²) >= 11 is 7.71. The van der Waals surface area contributed by atoms with Crippen molar-refractivity contribution in [3.63, 3.8) is 0 Å². The van der Waals surface area contributed by atoms with E-state index in [4.69, 9.17) is 32.8 Å². The van der Waals surface area contributed by atoms with E-state index in [-0.39, 0.29) is 39.3 Å². The standard InChI is InChI=1S/C26H28ClFN6OS2/c1-37(31,35)20-4-2-3-19(22(20)27)36-25-24(30)33-21(13-32-25)34-16-6-7-17(34)12-26(11-16)10-14-9-15(28)5-8-18(14)23(26)29/h2-5,8-9,13,16-17,23,31H,6-7,10-12,29H2,1H3,(H2,30,33)/t16-,17?,23-,26?,37?/m1/s1. The SMILES string of the molecule is CS(=N)(=O)c1cccc(Sc2ncc(N3C4CC[C@@H]3CC3(Cc5cc(F)ccc5[C@H]3N)C4)nc2N)c1Cl. The molecule has 3 heterocycles. The molecule has 2 fully saturated rings. The lowest BCUT2D eigenvalue weighted by atomic mass is 9.70. The van der Waals surface area contributed by atoms with Gasteiger partial charge >= 0.3 is 0 Å². The molecule has 1 aromatic heterocycles. The highest BCUT2D eigenvalue weighted by molar-refractivity contribution is 7.99. The van der Waals surface area contributed by atoms with Crippen LogP contribution in [0.25, 0.3) is 0 Å². The fourth-order valence-electron chi connectivity index (χ4n) is 6.57. The molecule has 194 valence electrons. The summed E-state index contributed by atoms with van der Waals surface area (Å²) in [6.45, 7) is 0. The Bertz CT molecular complexity index is 1500. The van der Waals surface area contributed by atoms with E-state index >= 15 is 0 Å². The first-order valence-corrected chi connectivity index (χ1v) is 15.4. The number of fused-ring (bicyclic) bond motifs is 3. The van der Waals surface area contributed by atoms with E-state index in [0.717, 1.165) is 49.0 Å². The fourth-order valence-corrected chi connectivity index (χ4v) is 8.91. The lowest BCUT2D eigenvalue weighted by molar-refractivity contribution is 0.155. The molecular formula is C26H28ClFN6OS2. The van der Waals surface area contributed by atoms with E-state index < -0.39 is 9.73 Å². The molecule has 2 bridgehead atoms. The van der Waals surface area contributed by atoms with Gasteiger partial charge in [0.25, 0.3) is 0 Å². The van der Waals surface area contributed by atoms with Crippen molar-refractivity contribution in [3.05, 3.63) is 64.6 Å². The average Bonchev–Trinajstić information content (AvgIpc) is 3.25. The molecule has 2 aromatic carbocycles. The van der Waals surface area contributed by atoms with Crippen LogP contribution in [0.2, 0.25) is 5.02 Å². The molecule has 1 spiro atoms. The van der Waals surface area contributed by atoms with Crippen molar-refractivity contribution >= 4 is 44.7 Å². The van der Waals surface area contributed by atoms with Gasteiger partial charge in [-0.1, -0.05) is 35.5 Å². The van der Waals surface area contributed by atoms with E-state index in [2.05, 4.69) is 9.88 Å². The summed E-state index contributed by atoms with van der Waals surface area (Å²) in [6, 6.07) is 10.6. The summed E-state index contributed by atoms with van der Waals surface area (Å²) < 4.78 is 34.0. The van der Waals surface area contributed by atoms with Gasteiger partial charge in [-0.05, 0) is 72.9 Å². The molecule has 3 unspecified atom stereocenters. The Morgan fingerprint density at radius 3 is 2.65 bits per heavy atom. The Hall–Kier alpha value is -2.40. The lowest BCUT2D eigenvalue weighted by Gasteiger charge is -2.47. The molecule has 37 heavy (non-hydrogen) atoms. The second-order valence-electron chi connectivity index (χ2n) is 10.5. The molecule has 2 aliphatic heterocycles. The third-order valence-corrected chi connectivity index (χ3v) is 11.0. The molecule has 0 radical (unpaired) electrons. The molecule has 0 amide bonds. The number of piperidine rings is 1. The average molecular weight is 559 g/mol. The third kappa shape index (κ3) is 4.18. The Labute approximate surface area is 225 Å². The highest BCUT2D eigenvalue weighted by Crippen LogP contribution is 2.57. The van der Waals surface area contributed by atoms with Gasteiger partial charge in [0.15, 0.2) is 5.82 Å². The van der Waals surface area contributed by atoms with Crippen molar-refractivity contribution < 1.29 is 8.60 Å². The second kappa shape index (κ2) is 8.83. The van der Waals surface area contributed by atoms with E-state index in [0.29, 0.717) is 15.7 Å². The molecule has 6 rings (SSSR count). The lowest BCUT2D eigenvalue weighted by Crippen LogP contribution is -2.51. The van der Waals surface area contributed by atoms with Crippen molar-refractivity contribution in [1.82, 2.24) is 9.97 Å².